The maximum atomic E-state index is 6.47. The normalized spacial score (nSPS) is 28.2. The van der Waals surface area contributed by atoms with Crippen molar-refractivity contribution >= 4 is 0 Å². The molecule has 24 heavy (non-hydrogen) atoms. The summed E-state index contributed by atoms with van der Waals surface area (Å²) in [6.45, 7) is 2.95. The number of imidazole rings is 1. The number of morpholine rings is 1. The molecule has 2 atom stereocenters. The van der Waals surface area contributed by atoms with Crippen molar-refractivity contribution in [3.8, 4) is 0 Å². The summed E-state index contributed by atoms with van der Waals surface area (Å²) in [6, 6.07) is 11.4. The van der Waals surface area contributed by atoms with Crippen LogP contribution in [0.4, 0.5) is 0 Å². The van der Waals surface area contributed by atoms with Gasteiger partial charge in [-0.3, -0.25) is 4.90 Å². The maximum absolute atomic E-state index is 6.47. The Morgan fingerprint density at radius 3 is 2.62 bits per heavy atom. The Kier molecular flexibility index (Phi) is 3.68. The van der Waals surface area contributed by atoms with Crippen LogP contribution in [0.3, 0.4) is 0 Å². The van der Waals surface area contributed by atoms with E-state index in [1.54, 1.807) is 0 Å². The van der Waals surface area contributed by atoms with E-state index in [9.17, 15) is 0 Å². The zero-order valence-corrected chi connectivity index (χ0v) is 14.1. The van der Waals surface area contributed by atoms with E-state index in [1.165, 1.54) is 37.1 Å². The summed E-state index contributed by atoms with van der Waals surface area (Å²) in [5.41, 5.74) is 1.30. The maximum Gasteiger partial charge on any atom is 0.123 e. The molecule has 3 aliphatic rings. The van der Waals surface area contributed by atoms with Crippen molar-refractivity contribution in [3.05, 3.63) is 54.1 Å². The molecule has 1 aromatic heterocycles. The van der Waals surface area contributed by atoms with Crippen LogP contribution in [0, 0.1) is 5.92 Å². The lowest BCUT2D eigenvalue weighted by Crippen LogP contribution is -2.44. The summed E-state index contributed by atoms with van der Waals surface area (Å²) >= 11 is 0. The quantitative estimate of drug-likeness (QED) is 0.843. The second-order valence-electron chi connectivity index (χ2n) is 7.59. The second-order valence-corrected chi connectivity index (χ2v) is 7.59. The van der Waals surface area contributed by atoms with Gasteiger partial charge in [-0.15, -0.1) is 0 Å². The molecule has 1 aliphatic heterocycles. The van der Waals surface area contributed by atoms with Gasteiger partial charge in [0, 0.05) is 31.5 Å². The Labute approximate surface area is 143 Å². The number of hydrogen-bond donors (Lipinski definition) is 0. The van der Waals surface area contributed by atoms with Crippen LogP contribution >= 0.6 is 0 Å². The summed E-state index contributed by atoms with van der Waals surface area (Å²) in [5, 5.41) is 0. The number of benzene rings is 1. The Bertz CT molecular complexity index is 690. The largest absolute Gasteiger partial charge is 0.367 e. The summed E-state index contributed by atoms with van der Waals surface area (Å²) in [4.78, 5) is 7.20. The molecule has 4 nitrogen and oxygen atoms in total. The standard InChI is InChI=1S/C20H25N3O/c1-2-4-15(5-3-1)18-12-22(13-19(24-18)16-6-7-16)14-20-21-10-11-23(20)17-8-9-17/h1-5,10-11,16-19H,6-9,12-14H2/t18-,19+/m0/s1. The monoisotopic (exact) mass is 323 g/mol. The highest BCUT2D eigenvalue weighted by molar-refractivity contribution is 5.19. The fourth-order valence-electron chi connectivity index (χ4n) is 3.92. The molecular formula is C20H25N3O. The van der Waals surface area contributed by atoms with Gasteiger partial charge in [0.05, 0.1) is 18.8 Å². The van der Waals surface area contributed by atoms with E-state index in [4.69, 9.17) is 4.74 Å². The first-order valence-corrected chi connectivity index (χ1v) is 9.31. The van der Waals surface area contributed by atoms with Gasteiger partial charge in [0.1, 0.15) is 5.82 Å². The molecule has 0 spiro atoms. The van der Waals surface area contributed by atoms with E-state index in [2.05, 4.69) is 51.0 Å². The summed E-state index contributed by atoms with van der Waals surface area (Å²) in [6.07, 6.45) is 9.96. The Morgan fingerprint density at radius 2 is 1.88 bits per heavy atom. The number of ether oxygens (including phenoxy) is 1. The van der Waals surface area contributed by atoms with Gasteiger partial charge in [-0.2, -0.15) is 0 Å². The van der Waals surface area contributed by atoms with Crippen molar-refractivity contribution in [3.63, 3.8) is 0 Å². The first kappa shape index (κ1) is 14.7. The highest BCUT2D eigenvalue weighted by Crippen LogP contribution is 2.40. The number of aromatic nitrogens is 2. The van der Waals surface area contributed by atoms with Crippen LogP contribution in [0.15, 0.2) is 42.7 Å². The van der Waals surface area contributed by atoms with Crippen LogP contribution in [0.25, 0.3) is 0 Å². The number of rotatable bonds is 5. The fourth-order valence-corrected chi connectivity index (χ4v) is 3.92. The Hall–Kier alpha value is -1.65. The van der Waals surface area contributed by atoms with Gasteiger partial charge < -0.3 is 9.30 Å². The van der Waals surface area contributed by atoms with Gasteiger partial charge in [-0.25, -0.2) is 4.98 Å². The molecule has 2 aliphatic carbocycles. The zero-order chi connectivity index (χ0) is 15.9. The predicted molar refractivity (Wildman–Crippen MR) is 92.6 cm³/mol. The van der Waals surface area contributed by atoms with Crippen molar-refractivity contribution < 1.29 is 4.74 Å². The van der Waals surface area contributed by atoms with E-state index < -0.39 is 0 Å². The number of hydrogen-bond acceptors (Lipinski definition) is 3. The highest BCUT2D eigenvalue weighted by Gasteiger charge is 2.39. The molecule has 2 saturated carbocycles. The van der Waals surface area contributed by atoms with Gasteiger partial charge in [0.15, 0.2) is 0 Å². The third kappa shape index (κ3) is 3.01. The predicted octanol–water partition coefficient (Wildman–Crippen LogP) is 3.57. The van der Waals surface area contributed by atoms with Gasteiger partial charge in [-0.05, 0) is 37.2 Å². The minimum atomic E-state index is 0.190. The first-order chi connectivity index (χ1) is 11.9. The SMILES string of the molecule is c1ccc([C@@H]2CN(Cc3nccn3C3CC3)C[C@H](C3CC3)O2)cc1. The average Bonchev–Trinajstić information content (AvgIpc) is 3.54. The van der Waals surface area contributed by atoms with Crippen molar-refractivity contribution in [1.82, 2.24) is 14.5 Å². The molecule has 2 heterocycles. The molecule has 0 amide bonds. The topological polar surface area (TPSA) is 30.3 Å². The van der Waals surface area contributed by atoms with Crippen molar-refractivity contribution in [2.45, 2.75) is 50.5 Å². The van der Waals surface area contributed by atoms with Crippen molar-refractivity contribution in [1.29, 1.82) is 0 Å². The summed E-state index contributed by atoms with van der Waals surface area (Å²) < 4.78 is 8.86. The molecule has 0 bridgehead atoms. The third-order valence-electron chi connectivity index (χ3n) is 5.57. The van der Waals surface area contributed by atoms with Crippen LogP contribution in [-0.2, 0) is 11.3 Å². The molecule has 126 valence electrons. The van der Waals surface area contributed by atoms with Crippen LogP contribution in [0.2, 0.25) is 0 Å². The highest BCUT2D eigenvalue weighted by atomic mass is 16.5. The average molecular weight is 323 g/mol. The van der Waals surface area contributed by atoms with E-state index in [1.807, 2.05) is 6.20 Å². The lowest BCUT2D eigenvalue weighted by Gasteiger charge is -2.38. The van der Waals surface area contributed by atoms with Crippen LogP contribution in [0.5, 0.6) is 0 Å². The van der Waals surface area contributed by atoms with E-state index in [0.717, 1.165) is 25.6 Å². The minimum absolute atomic E-state index is 0.190. The van der Waals surface area contributed by atoms with E-state index in [-0.39, 0.29) is 6.10 Å². The lowest BCUT2D eigenvalue weighted by molar-refractivity contribution is -0.0992. The Morgan fingerprint density at radius 1 is 1.04 bits per heavy atom. The second kappa shape index (κ2) is 6.01. The summed E-state index contributed by atoms with van der Waals surface area (Å²) in [5.74, 6) is 1.99. The summed E-state index contributed by atoms with van der Waals surface area (Å²) in [7, 11) is 0. The molecule has 2 aromatic rings. The Balaban J connectivity index is 1.35. The molecule has 0 radical (unpaired) electrons. The molecule has 3 fully saturated rings. The van der Waals surface area contributed by atoms with Crippen molar-refractivity contribution in [2.24, 2.45) is 5.92 Å². The van der Waals surface area contributed by atoms with E-state index in [0.29, 0.717) is 12.1 Å². The zero-order valence-electron chi connectivity index (χ0n) is 14.1. The lowest BCUT2D eigenvalue weighted by atomic mass is 10.0. The third-order valence-corrected chi connectivity index (χ3v) is 5.57. The molecule has 4 heteroatoms. The van der Waals surface area contributed by atoms with Gasteiger partial charge in [0.25, 0.3) is 0 Å². The van der Waals surface area contributed by atoms with Gasteiger partial charge in [-0.1, -0.05) is 30.3 Å². The van der Waals surface area contributed by atoms with Gasteiger partial charge >= 0.3 is 0 Å². The minimum Gasteiger partial charge on any atom is -0.367 e. The fraction of sp³-hybridized carbons (Fsp3) is 0.550. The molecule has 1 saturated heterocycles. The number of nitrogens with zero attached hydrogens (tertiary/aromatic N) is 3. The molecule has 0 unspecified atom stereocenters. The van der Waals surface area contributed by atoms with Crippen LogP contribution in [-0.4, -0.2) is 33.6 Å². The van der Waals surface area contributed by atoms with E-state index >= 15 is 0 Å². The first-order valence-electron chi connectivity index (χ1n) is 9.31. The van der Waals surface area contributed by atoms with Crippen LogP contribution in [0.1, 0.15) is 49.2 Å². The molecule has 5 rings (SSSR count). The molecule has 0 N–H and O–H groups in total. The smallest absolute Gasteiger partial charge is 0.123 e. The van der Waals surface area contributed by atoms with Gasteiger partial charge in [0.2, 0.25) is 0 Å². The molecular weight excluding hydrogens is 298 g/mol. The van der Waals surface area contributed by atoms with Crippen LogP contribution < -0.4 is 0 Å². The molecule has 1 aromatic carbocycles. The van der Waals surface area contributed by atoms with Crippen molar-refractivity contribution in [2.75, 3.05) is 13.1 Å².